The van der Waals surface area contributed by atoms with Crippen molar-refractivity contribution in [1.29, 1.82) is 0 Å². The van der Waals surface area contributed by atoms with Crippen LogP contribution in [0.4, 0.5) is 5.69 Å². The maximum Gasteiger partial charge on any atom is 0.270 e. The lowest BCUT2D eigenvalue weighted by atomic mass is 10.2. The number of para-hydroxylation sites is 1. The fourth-order valence-electron chi connectivity index (χ4n) is 3.58. The molecule has 3 heterocycles. The van der Waals surface area contributed by atoms with Crippen molar-refractivity contribution in [2.75, 3.05) is 44.8 Å². The quantitative estimate of drug-likeness (QED) is 0.618. The van der Waals surface area contributed by atoms with Crippen molar-refractivity contribution in [3.8, 4) is 0 Å². The Morgan fingerprint density at radius 2 is 1.89 bits per heavy atom. The Balaban J connectivity index is 1.52. The number of methoxy groups -OCH3 is 1. The molecule has 142 valence electrons. The minimum Gasteiger partial charge on any atom is -0.448 e. The maximum atomic E-state index is 13.2. The predicted octanol–water partition coefficient (Wildman–Crippen LogP) is 3.61. The number of hydrogen-bond acceptors (Lipinski definition) is 4. The summed E-state index contributed by atoms with van der Waals surface area (Å²) in [4.78, 5) is 17.4. The highest BCUT2D eigenvalue weighted by Gasteiger charge is 2.26. The summed E-state index contributed by atoms with van der Waals surface area (Å²) in [5, 5.41) is 0. The lowest BCUT2D eigenvalue weighted by Crippen LogP contribution is -2.49. The summed E-state index contributed by atoms with van der Waals surface area (Å²) >= 11 is 3.36. The van der Waals surface area contributed by atoms with E-state index in [9.17, 15) is 4.79 Å². The molecule has 1 aromatic carbocycles. The molecule has 6 nitrogen and oxygen atoms in total. The van der Waals surface area contributed by atoms with Crippen molar-refractivity contribution in [2.45, 2.75) is 6.54 Å². The van der Waals surface area contributed by atoms with Crippen LogP contribution in [-0.4, -0.2) is 55.3 Å². The van der Waals surface area contributed by atoms with Crippen molar-refractivity contribution in [1.82, 2.24) is 9.47 Å². The molecule has 0 radical (unpaired) electrons. The number of benzene rings is 1. The number of hydrogen-bond donors (Lipinski definition) is 0. The smallest absolute Gasteiger partial charge is 0.270 e. The van der Waals surface area contributed by atoms with Crippen LogP contribution in [0, 0.1) is 0 Å². The van der Waals surface area contributed by atoms with Crippen LogP contribution in [0.5, 0.6) is 0 Å². The summed E-state index contributed by atoms with van der Waals surface area (Å²) in [6.07, 6.45) is 0. The van der Waals surface area contributed by atoms with Gasteiger partial charge in [-0.15, -0.1) is 0 Å². The lowest BCUT2D eigenvalue weighted by Gasteiger charge is -2.36. The fourth-order valence-corrected chi connectivity index (χ4v) is 3.97. The third kappa shape index (κ3) is 3.61. The number of rotatable bonds is 5. The number of piperazine rings is 1. The van der Waals surface area contributed by atoms with Gasteiger partial charge in [-0.3, -0.25) is 4.79 Å². The third-order valence-corrected chi connectivity index (χ3v) is 5.38. The first-order valence-corrected chi connectivity index (χ1v) is 9.83. The summed E-state index contributed by atoms with van der Waals surface area (Å²) in [5.41, 5.74) is 3.48. The van der Waals surface area contributed by atoms with Crippen molar-refractivity contribution in [3.63, 3.8) is 0 Å². The van der Waals surface area contributed by atoms with Gasteiger partial charge in [0, 0.05) is 57.7 Å². The van der Waals surface area contributed by atoms with Gasteiger partial charge in [0.05, 0.1) is 12.1 Å². The number of halogens is 1. The molecule has 7 heteroatoms. The second-order valence-corrected chi connectivity index (χ2v) is 7.37. The number of carbonyl (C=O) groups excluding carboxylic acids is 1. The Morgan fingerprint density at radius 3 is 2.59 bits per heavy atom. The Morgan fingerprint density at radius 1 is 1.15 bits per heavy atom. The summed E-state index contributed by atoms with van der Waals surface area (Å²) in [6.45, 7) is 4.21. The van der Waals surface area contributed by atoms with Gasteiger partial charge in [0.1, 0.15) is 5.69 Å². The van der Waals surface area contributed by atoms with E-state index in [-0.39, 0.29) is 5.91 Å². The standard InChI is InChI=1S/C20H22BrN3O3/c1-26-12-11-24-16-14-19(21)27-18(16)13-17(24)20(25)23-9-7-22(8-10-23)15-5-3-2-4-6-15/h2-6,13-14H,7-12H2,1H3. The molecule has 3 aromatic rings. The second-order valence-electron chi connectivity index (χ2n) is 6.59. The Bertz CT molecular complexity index is 927. The molecule has 2 aromatic heterocycles. The van der Waals surface area contributed by atoms with Crippen LogP contribution in [0.15, 0.2) is 51.6 Å². The number of fused-ring (bicyclic) bond motifs is 1. The SMILES string of the molecule is COCCn1c(C(=O)N2CCN(c3ccccc3)CC2)cc2oc(Br)cc21. The summed E-state index contributed by atoms with van der Waals surface area (Å²) in [6, 6.07) is 14.1. The van der Waals surface area contributed by atoms with Gasteiger partial charge in [-0.1, -0.05) is 18.2 Å². The average Bonchev–Trinajstić information content (AvgIpc) is 3.22. The zero-order chi connectivity index (χ0) is 18.8. The van der Waals surface area contributed by atoms with Crippen LogP contribution in [0.3, 0.4) is 0 Å². The van der Waals surface area contributed by atoms with Gasteiger partial charge in [-0.05, 0) is 28.1 Å². The summed E-state index contributed by atoms with van der Waals surface area (Å²) in [7, 11) is 1.66. The number of aromatic nitrogens is 1. The van der Waals surface area contributed by atoms with E-state index in [1.165, 1.54) is 5.69 Å². The van der Waals surface area contributed by atoms with Crippen molar-refractivity contribution < 1.29 is 13.9 Å². The molecular formula is C20H22BrN3O3. The first-order valence-electron chi connectivity index (χ1n) is 9.04. The van der Waals surface area contributed by atoms with E-state index < -0.39 is 0 Å². The zero-order valence-corrected chi connectivity index (χ0v) is 16.8. The molecule has 0 bridgehead atoms. The van der Waals surface area contributed by atoms with Gasteiger partial charge in [0.25, 0.3) is 5.91 Å². The van der Waals surface area contributed by atoms with Crippen LogP contribution < -0.4 is 4.90 Å². The largest absolute Gasteiger partial charge is 0.448 e. The molecule has 0 saturated carbocycles. The monoisotopic (exact) mass is 431 g/mol. The highest BCUT2D eigenvalue weighted by atomic mass is 79.9. The fraction of sp³-hybridized carbons (Fsp3) is 0.350. The molecule has 1 saturated heterocycles. The zero-order valence-electron chi connectivity index (χ0n) is 15.2. The van der Waals surface area contributed by atoms with Crippen LogP contribution in [-0.2, 0) is 11.3 Å². The normalized spacial score (nSPS) is 14.9. The highest BCUT2D eigenvalue weighted by molar-refractivity contribution is 9.10. The minimum atomic E-state index is 0.0429. The molecule has 27 heavy (non-hydrogen) atoms. The molecule has 0 spiro atoms. The predicted molar refractivity (Wildman–Crippen MR) is 108 cm³/mol. The van der Waals surface area contributed by atoms with Gasteiger partial charge >= 0.3 is 0 Å². The number of anilines is 1. The summed E-state index contributed by atoms with van der Waals surface area (Å²) in [5.74, 6) is 0.0429. The lowest BCUT2D eigenvalue weighted by molar-refractivity contribution is 0.0734. The molecule has 1 amide bonds. The number of ether oxygens (including phenoxy) is 1. The maximum absolute atomic E-state index is 13.2. The average molecular weight is 432 g/mol. The van der Waals surface area contributed by atoms with Crippen LogP contribution in [0.25, 0.3) is 11.1 Å². The first-order chi connectivity index (χ1) is 13.2. The molecule has 0 N–H and O–H groups in total. The van der Waals surface area contributed by atoms with E-state index in [4.69, 9.17) is 9.15 Å². The van der Waals surface area contributed by atoms with Gasteiger partial charge in [0.15, 0.2) is 10.3 Å². The van der Waals surface area contributed by atoms with E-state index in [2.05, 4.69) is 33.0 Å². The number of carbonyl (C=O) groups is 1. The second kappa shape index (κ2) is 7.78. The van der Waals surface area contributed by atoms with Gasteiger partial charge in [-0.25, -0.2) is 0 Å². The van der Waals surface area contributed by atoms with E-state index in [1.807, 2.05) is 39.8 Å². The highest BCUT2D eigenvalue weighted by Crippen LogP contribution is 2.28. The Hall–Kier alpha value is -2.25. The van der Waals surface area contributed by atoms with Crippen molar-refractivity contribution >= 4 is 38.6 Å². The van der Waals surface area contributed by atoms with E-state index in [1.54, 1.807) is 7.11 Å². The van der Waals surface area contributed by atoms with Crippen LogP contribution in [0.2, 0.25) is 0 Å². The molecule has 0 unspecified atom stereocenters. The molecule has 1 aliphatic rings. The number of furan rings is 1. The topological polar surface area (TPSA) is 50.9 Å². The molecule has 4 rings (SSSR count). The van der Waals surface area contributed by atoms with Gasteiger partial charge in [0.2, 0.25) is 0 Å². The summed E-state index contributed by atoms with van der Waals surface area (Å²) < 4.78 is 13.5. The Kier molecular flexibility index (Phi) is 5.22. The molecular weight excluding hydrogens is 410 g/mol. The van der Waals surface area contributed by atoms with Crippen molar-refractivity contribution in [2.24, 2.45) is 0 Å². The first kappa shape index (κ1) is 18.1. The molecule has 0 aliphatic carbocycles. The van der Waals surface area contributed by atoms with E-state index in [0.717, 1.165) is 18.6 Å². The van der Waals surface area contributed by atoms with Crippen LogP contribution >= 0.6 is 15.9 Å². The Labute approximate surface area is 166 Å². The minimum absolute atomic E-state index is 0.0429. The van der Waals surface area contributed by atoms with Gasteiger partial charge in [-0.2, -0.15) is 0 Å². The van der Waals surface area contributed by atoms with E-state index in [0.29, 0.717) is 42.2 Å². The van der Waals surface area contributed by atoms with Crippen LogP contribution in [0.1, 0.15) is 10.5 Å². The number of amides is 1. The molecule has 0 atom stereocenters. The third-order valence-electron chi connectivity index (χ3n) is 4.99. The molecule has 1 aliphatic heterocycles. The number of nitrogens with zero attached hydrogens (tertiary/aromatic N) is 3. The van der Waals surface area contributed by atoms with E-state index >= 15 is 0 Å². The van der Waals surface area contributed by atoms with Crippen molar-refractivity contribution in [3.05, 3.63) is 52.8 Å². The molecule has 1 fully saturated rings. The van der Waals surface area contributed by atoms with Gasteiger partial charge < -0.3 is 23.5 Å².